The standard InChI is InChI=1S/C24H30F3N3O5S2/c1-24(15-34-10-11-35-24)23(31)29-37(32,33)19-12-20(26)22(21(27)13-19)28-17(8-9-30(2)3)14-36-18-6-4-16(25)5-7-18/h4-7,12-13,17,28H,8-11,14-15H2,1-3H3,(H,29,31)/t17-,24+/m1/s1. The van der Waals surface area contributed by atoms with Crippen LogP contribution in [0.5, 0.6) is 0 Å². The molecule has 2 aromatic rings. The molecule has 37 heavy (non-hydrogen) atoms. The van der Waals surface area contributed by atoms with E-state index in [9.17, 15) is 26.4 Å². The van der Waals surface area contributed by atoms with Crippen LogP contribution in [-0.4, -0.2) is 77.1 Å². The van der Waals surface area contributed by atoms with E-state index >= 15 is 0 Å². The largest absolute Gasteiger partial charge is 0.377 e. The fraction of sp³-hybridized carbons (Fsp3) is 0.458. The molecular formula is C24H30F3N3O5S2. The van der Waals surface area contributed by atoms with Gasteiger partial charge < -0.3 is 19.7 Å². The normalized spacial score (nSPS) is 19.0. The Morgan fingerprint density at radius 2 is 1.78 bits per heavy atom. The number of amides is 1. The molecule has 0 saturated carbocycles. The minimum Gasteiger partial charge on any atom is -0.377 e. The molecule has 3 rings (SSSR count). The Hall–Kier alpha value is -2.32. The van der Waals surface area contributed by atoms with Gasteiger partial charge in [-0.3, -0.25) is 4.79 Å². The van der Waals surface area contributed by atoms with Crippen molar-refractivity contribution in [2.24, 2.45) is 0 Å². The van der Waals surface area contributed by atoms with Crippen LogP contribution in [-0.2, 0) is 24.3 Å². The number of nitrogens with zero attached hydrogens (tertiary/aromatic N) is 1. The number of hydrogen-bond donors (Lipinski definition) is 2. The number of carbonyl (C=O) groups excluding carboxylic acids is 1. The molecule has 0 bridgehead atoms. The summed E-state index contributed by atoms with van der Waals surface area (Å²) in [6.07, 6.45) is 0.525. The van der Waals surface area contributed by atoms with Crippen LogP contribution >= 0.6 is 11.8 Å². The highest BCUT2D eigenvalue weighted by molar-refractivity contribution is 7.99. The van der Waals surface area contributed by atoms with Gasteiger partial charge in [-0.25, -0.2) is 26.3 Å². The number of ether oxygens (including phenoxy) is 2. The minimum absolute atomic E-state index is 0.0992. The molecule has 1 fully saturated rings. The lowest BCUT2D eigenvalue weighted by atomic mass is 10.1. The first-order valence-corrected chi connectivity index (χ1v) is 13.9. The van der Waals surface area contributed by atoms with E-state index in [0.29, 0.717) is 30.9 Å². The molecule has 2 atom stereocenters. The SMILES string of the molecule is CN(C)CC[C@H](CSc1ccc(F)cc1)Nc1c(F)cc(S(=O)(=O)NC(=O)[C@]2(C)COCCO2)cc1F. The van der Waals surface area contributed by atoms with Gasteiger partial charge in [0.15, 0.2) is 17.2 Å². The van der Waals surface area contributed by atoms with E-state index in [0.717, 1.165) is 4.90 Å². The minimum atomic E-state index is -4.59. The van der Waals surface area contributed by atoms with Gasteiger partial charge in [-0.15, -0.1) is 11.8 Å². The number of thioether (sulfide) groups is 1. The highest BCUT2D eigenvalue weighted by Crippen LogP contribution is 2.27. The lowest BCUT2D eigenvalue weighted by molar-refractivity contribution is -0.171. The van der Waals surface area contributed by atoms with Gasteiger partial charge in [-0.1, -0.05) is 0 Å². The van der Waals surface area contributed by atoms with Gasteiger partial charge in [-0.05, 0) is 70.4 Å². The third kappa shape index (κ3) is 8.08. The molecular weight excluding hydrogens is 531 g/mol. The lowest BCUT2D eigenvalue weighted by Gasteiger charge is -2.31. The van der Waals surface area contributed by atoms with Gasteiger partial charge in [0.1, 0.15) is 11.5 Å². The average molecular weight is 562 g/mol. The van der Waals surface area contributed by atoms with Crippen LogP contribution in [0.15, 0.2) is 46.2 Å². The van der Waals surface area contributed by atoms with Crippen molar-refractivity contribution in [3.05, 3.63) is 53.8 Å². The van der Waals surface area contributed by atoms with Gasteiger partial charge in [0.2, 0.25) is 0 Å². The van der Waals surface area contributed by atoms with Crippen LogP contribution in [0, 0.1) is 17.5 Å². The maximum absolute atomic E-state index is 15.0. The molecule has 0 unspecified atom stereocenters. The molecule has 13 heteroatoms. The van der Waals surface area contributed by atoms with Crippen LogP contribution in [0.3, 0.4) is 0 Å². The second kappa shape index (κ2) is 12.5. The first-order chi connectivity index (χ1) is 17.4. The molecule has 2 aromatic carbocycles. The van der Waals surface area contributed by atoms with E-state index in [1.807, 2.05) is 23.7 Å². The van der Waals surface area contributed by atoms with Crippen molar-refractivity contribution in [2.75, 3.05) is 51.5 Å². The van der Waals surface area contributed by atoms with Crippen LogP contribution in [0.1, 0.15) is 13.3 Å². The Kier molecular flexibility index (Phi) is 9.86. The summed E-state index contributed by atoms with van der Waals surface area (Å²) in [5.41, 5.74) is -2.03. The first-order valence-electron chi connectivity index (χ1n) is 11.5. The molecule has 1 amide bonds. The zero-order valence-electron chi connectivity index (χ0n) is 20.7. The van der Waals surface area contributed by atoms with Gasteiger partial charge >= 0.3 is 0 Å². The predicted molar refractivity (Wildman–Crippen MR) is 135 cm³/mol. The molecule has 204 valence electrons. The summed E-state index contributed by atoms with van der Waals surface area (Å²) < 4.78 is 80.9. The van der Waals surface area contributed by atoms with Crippen molar-refractivity contribution in [1.29, 1.82) is 0 Å². The van der Waals surface area contributed by atoms with E-state index in [4.69, 9.17) is 9.47 Å². The van der Waals surface area contributed by atoms with E-state index in [2.05, 4.69) is 5.32 Å². The summed E-state index contributed by atoms with van der Waals surface area (Å²) in [6, 6.07) is 6.79. The van der Waals surface area contributed by atoms with E-state index in [1.165, 1.54) is 30.8 Å². The molecule has 2 N–H and O–H groups in total. The third-order valence-electron chi connectivity index (χ3n) is 5.60. The Bertz CT molecular complexity index is 1170. The highest BCUT2D eigenvalue weighted by Gasteiger charge is 2.39. The predicted octanol–water partition coefficient (Wildman–Crippen LogP) is 3.24. The van der Waals surface area contributed by atoms with E-state index in [-0.39, 0.29) is 25.6 Å². The quantitative estimate of drug-likeness (QED) is 0.404. The zero-order chi connectivity index (χ0) is 27.2. The van der Waals surface area contributed by atoms with E-state index < -0.39 is 49.8 Å². The van der Waals surface area contributed by atoms with Crippen molar-refractivity contribution in [2.45, 2.75) is 34.8 Å². The van der Waals surface area contributed by atoms with Crippen molar-refractivity contribution in [3.63, 3.8) is 0 Å². The molecule has 1 aliphatic heterocycles. The lowest BCUT2D eigenvalue weighted by Crippen LogP contribution is -2.54. The maximum Gasteiger partial charge on any atom is 0.268 e. The topological polar surface area (TPSA) is 97.0 Å². The number of halogens is 3. The molecule has 0 aromatic heterocycles. The van der Waals surface area contributed by atoms with Gasteiger partial charge in [-0.2, -0.15) is 0 Å². The summed E-state index contributed by atoms with van der Waals surface area (Å²) in [5.74, 6) is -3.21. The molecule has 1 aliphatic rings. The Balaban J connectivity index is 1.75. The highest BCUT2D eigenvalue weighted by atomic mass is 32.2. The molecule has 1 saturated heterocycles. The zero-order valence-corrected chi connectivity index (χ0v) is 22.4. The van der Waals surface area contributed by atoms with Crippen LogP contribution < -0.4 is 10.0 Å². The number of anilines is 1. The Morgan fingerprint density at radius 3 is 2.35 bits per heavy atom. The van der Waals surface area contributed by atoms with Crippen molar-refractivity contribution in [3.8, 4) is 0 Å². The summed E-state index contributed by atoms with van der Waals surface area (Å²) >= 11 is 1.39. The smallest absolute Gasteiger partial charge is 0.268 e. The number of sulfonamides is 1. The number of benzene rings is 2. The van der Waals surface area contributed by atoms with Gasteiger partial charge in [0.05, 0.1) is 24.7 Å². The number of carbonyl (C=O) groups is 1. The molecule has 0 radical (unpaired) electrons. The summed E-state index contributed by atoms with van der Waals surface area (Å²) in [5, 5.41) is 2.84. The fourth-order valence-electron chi connectivity index (χ4n) is 3.44. The van der Waals surface area contributed by atoms with Crippen molar-refractivity contribution >= 4 is 33.4 Å². The summed E-state index contributed by atoms with van der Waals surface area (Å²) in [7, 11) is -0.862. The second-order valence-electron chi connectivity index (χ2n) is 9.03. The molecule has 0 spiro atoms. The average Bonchev–Trinajstić information content (AvgIpc) is 2.83. The van der Waals surface area contributed by atoms with Crippen molar-refractivity contribution in [1.82, 2.24) is 9.62 Å². The van der Waals surface area contributed by atoms with Gasteiger partial charge in [0, 0.05) is 16.7 Å². The third-order valence-corrected chi connectivity index (χ3v) is 8.08. The van der Waals surface area contributed by atoms with Crippen LogP contribution in [0.25, 0.3) is 0 Å². The van der Waals surface area contributed by atoms with E-state index in [1.54, 1.807) is 12.1 Å². The number of nitrogens with one attached hydrogen (secondary N) is 2. The Labute approximate surface area is 218 Å². The number of hydrogen-bond acceptors (Lipinski definition) is 8. The molecule has 1 heterocycles. The maximum atomic E-state index is 15.0. The van der Waals surface area contributed by atoms with Crippen LogP contribution in [0.2, 0.25) is 0 Å². The number of rotatable bonds is 11. The monoisotopic (exact) mass is 561 g/mol. The second-order valence-corrected chi connectivity index (χ2v) is 11.8. The Morgan fingerprint density at radius 1 is 1.14 bits per heavy atom. The molecule has 0 aliphatic carbocycles. The molecule has 8 nitrogen and oxygen atoms in total. The first kappa shape index (κ1) is 29.2. The van der Waals surface area contributed by atoms with Crippen molar-refractivity contribution < 1.29 is 35.9 Å². The van der Waals surface area contributed by atoms with Crippen LogP contribution in [0.4, 0.5) is 18.9 Å². The van der Waals surface area contributed by atoms with Gasteiger partial charge in [0.25, 0.3) is 15.9 Å². The summed E-state index contributed by atoms with van der Waals surface area (Å²) in [4.78, 5) is 14.5. The fourth-order valence-corrected chi connectivity index (χ4v) is 5.51. The summed E-state index contributed by atoms with van der Waals surface area (Å²) in [6.45, 7) is 2.18.